The number of carboxylic acids is 2. The first-order valence-corrected chi connectivity index (χ1v) is 8.13. The zero-order valence-electron chi connectivity index (χ0n) is 14.8. The molecule has 0 aromatic heterocycles. The van der Waals surface area contributed by atoms with Crippen LogP contribution in [0.2, 0.25) is 0 Å². The molecule has 28 heavy (non-hydrogen) atoms. The van der Waals surface area contributed by atoms with Crippen LogP contribution in [0.25, 0.3) is 0 Å². The Bertz CT molecular complexity index is 561. The molecule has 0 radical (unpaired) electrons. The van der Waals surface area contributed by atoms with Crippen LogP contribution in [0.1, 0.15) is 0 Å². The third kappa shape index (κ3) is 4.41. The van der Waals surface area contributed by atoms with Gasteiger partial charge in [-0.25, -0.2) is 15.1 Å². The van der Waals surface area contributed by atoms with Crippen LogP contribution in [-0.2, 0) is 33.4 Å². The van der Waals surface area contributed by atoms with Crippen molar-refractivity contribution in [2.75, 3.05) is 14.2 Å². The summed E-state index contributed by atoms with van der Waals surface area (Å²) in [7, 11) is 2.41. The molecule has 162 valence electrons. The van der Waals surface area contributed by atoms with Gasteiger partial charge in [-0.2, -0.15) is 0 Å². The van der Waals surface area contributed by atoms with E-state index in [1.54, 1.807) is 0 Å². The van der Waals surface area contributed by atoms with Gasteiger partial charge in [-0.15, -0.1) is 0 Å². The monoisotopic (exact) mass is 413 g/mol. The Morgan fingerprint density at radius 3 is 1.79 bits per heavy atom. The third-order valence-corrected chi connectivity index (χ3v) is 4.37. The molecule has 2 heterocycles. The van der Waals surface area contributed by atoms with E-state index in [2.05, 4.69) is 5.48 Å². The molecule has 7 N–H and O–H groups in total. The van der Waals surface area contributed by atoms with Gasteiger partial charge in [0.15, 0.2) is 18.5 Å². The van der Waals surface area contributed by atoms with Crippen molar-refractivity contribution in [3.8, 4) is 0 Å². The highest BCUT2D eigenvalue weighted by molar-refractivity contribution is 5.74. The van der Waals surface area contributed by atoms with E-state index >= 15 is 0 Å². The summed E-state index contributed by atoms with van der Waals surface area (Å²) in [6.45, 7) is 0. The van der Waals surface area contributed by atoms with Crippen molar-refractivity contribution in [1.82, 2.24) is 5.48 Å². The van der Waals surface area contributed by atoms with Gasteiger partial charge in [0.05, 0.1) is 0 Å². The topological polar surface area (TPSA) is 214 Å². The molecule has 10 atom stereocenters. The summed E-state index contributed by atoms with van der Waals surface area (Å²) in [6, 6.07) is 0. The summed E-state index contributed by atoms with van der Waals surface area (Å²) in [6.07, 6.45) is -17.6. The number of methoxy groups -OCH3 is 1. The summed E-state index contributed by atoms with van der Waals surface area (Å²) in [4.78, 5) is 27.6. The van der Waals surface area contributed by atoms with Gasteiger partial charge in [-0.05, 0) is 0 Å². The van der Waals surface area contributed by atoms with E-state index in [9.17, 15) is 40.2 Å². The molecule has 0 bridgehead atoms. The molecule has 0 amide bonds. The number of nitrogens with one attached hydrogen (secondary N) is 1. The smallest absolute Gasteiger partial charge is 0.335 e. The van der Waals surface area contributed by atoms with Crippen molar-refractivity contribution >= 4 is 11.9 Å². The molecule has 2 saturated heterocycles. The molecule has 14 heteroatoms. The van der Waals surface area contributed by atoms with E-state index in [1.807, 2.05) is 0 Å². The highest BCUT2D eigenvalue weighted by atomic mass is 16.8. The molecular weight excluding hydrogens is 390 g/mol. The molecule has 0 aromatic rings. The number of hydrogen-bond acceptors (Lipinski definition) is 12. The van der Waals surface area contributed by atoms with Crippen LogP contribution >= 0.6 is 0 Å². The van der Waals surface area contributed by atoms with Gasteiger partial charge in [0.25, 0.3) is 0 Å². The van der Waals surface area contributed by atoms with E-state index in [1.165, 1.54) is 7.05 Å². The van der Waals surface area contributed by atoms with Crippen LogP contribution in [0.15, 0.2) is 0 Å². The molecule has 0 spiro atoms. The molecule has 2 rings (SSSR count). The second-order valence-electron chi connectivity index (χ2n) is 6.11. The first-order valence-electron chi connectivity index (χ1n) is 8.13. The third-order valence-electron chi connectivity index (χ3n) is 4.37. The number of hydrogen-bond donors (Lipinski definition) is 7. The maximum absolute atomic E-state index is 11.5. The fourth-order valence-corrected chi connectivity index (χ4v) is 2.97. The molecule has 2 fully saturated rings. The van der Waals surface area contributed by atoms with Gasteiger partial charge in [-0.3, -0.25) is 4.84 Å². The number of carboxylic acid groups (broad SMARTS) is 2. The van der Waals surface area contributed by atoms with E-state index < -0.39 is 73.4 Å². The van der Waals surface area contributed by atoms with Gasteiger partial charge in [0.1, 0.15) is 36.6 Å². The van der Waals surface area contributed by atoms with Gasteiger partial charge in [-0.1, -0.05) is 0 Å². The first-order chi connectivity index (χ1) is 13.1. The minimum Gasteiger partial charge on any atom is -0.479 e. The van der Waals surface area contributed by atoms with Crippen molar-refractivity contribution in [2.24, 2.45) is 0 Å². The number of aliphatic hydroxyl groups excluding tert-OH is 4. The number of rotatable bonds is 7. The maximum Gasteiger partial charge on any atom is 0.335 e. The zero-order chi connectivity index (χ0) is 21.2. The fraction of sp³-hybridized carbons (Fsp3) is 0.857. The van der Waals surface area contributed by atoms with Crippen LogP contribution < -0.4 is 5.48 Å². The van der Waals surface area contributed by atoms with Crippen LogP contribution in [0.4, 0.5) is 0 Å². The van der Waals surface area contributed by atoms with Crippen molar-refractivity contribution in [2.45, 2.75) is 61.4 Å². The lowest BCUT2D eigenvalue weighted by molar-refractivity contribution is -0.356. The Hall–Kier alpha value is -1.46. The fourth-order valence-electron chi connectivity index (χ4n) is 2.97. The molecule has 0 aliphatic carbocycles. The zero-order valence-corrected chi connectivity index (χ0v) is 14.8. The minimum absolute atomic E-state index is 1.10. The van der Waals surface area contributed by atoms with Crippen molar-refractivity contribution in [3.63, 3.8) is 0 Å². The van der Waals surface area contributed by atoms with Crippen molar-refractivity contribution in [3.05, 3.63) is 0 Å². The van der Waals surface area contributed by atoms with E-state index in [0.717, 1.165) is 7.11 Å². The molecule has 6 unspecified atom stereocenters. The summed E-state index contributed by atoms with van der Waals surface area (Å²) < 4.78 is 20.2. The predicted octanol–water partition coefficient (Wildman–Crippen LogP) is -4.40. The highest BCUT2D eigenvalue weighted by Gasteiger charge is 2.54. The lowest BCUT2D eigenvalue weighted by Crippen LogP contribution is -2.66. The predicted molar refractivity (Wildman–Crippen MR) is 82.4 cm³/mol. The molecule has 0 saturated carbocycles. The molecule has 0 aromatic carbocycles. The largest absolute Gasteiger partial charge is 0.479 e. The van der Waals surface area contributed by atoms with Crippen LogP contribution in [0.3, 0.4) is 0 Å². The summed E-state index contributed by atoms with van der Waals surface area (Å²) in [5, 5.41) is 59.0. The summed E-state index contributed by atoms with van der Waals surface area (Å²) >= 11 is 0. The van der Waals surface area contributed by atoms with Crippen LogP contribution in [-0.4, -0.2) is 118 Å². The number of ether oxygens (including phenoxy) is 4. The maximum atomic E-state index is 11.5. The number of carbonyl (C=O) groups is 2. The Kier molecular flexibility index (Phi) is 7.63. The second kappa shape index (κ2) is 9.36. The van der Waals surface area contributed by atoms with Gasteiger partial charge >= 0.3 is 11.9 Å². The Labute approximate surface area is 158 Å². The summed E-state index contributed by atoms with van der Waals surface area (Å²) in [5.74, 6) is -3.14. The SMILES string of the molecule is CNO[C@@H]1OC(C(=O)O)[C@@H](O[C@@H]2OC(C(=O)O)[C@H](OC)C(O)C2O)C(O)C1O. The normalized spacial score (nSPS) is 44.2. The van der Waals surface area contributed by atoms with Gasteiger partial charge < -0.3 is 49.6 Å². The average Bonchev–Trinajstić information content (AvgIpc) is 2.64. The van der Waals surface area contributed by atoms with Gasteiger partial charge in [0.2, 0.25) is 6.29 Å². The van der Waals surface area contributed by atoms with Crippen molar-refractivity contribution in [1.29, 1.82) is 0 Å². The number of hydroxylamine groups is 1. The quantitative estimate of drug-likeness (QED) is 0.196. The standard InChI is InChI=1S/C14H23NO13/c1-15-28-14-6(19)4(17)8(10(27-14)12(22)23)25-13-5(18)3(16)7(24-2)9(26-13)11(20)21/h3-10,13-19H,1-2H3,(H,20,21)(H,22,23)/t3?,4?,5?,6?,7-,8+,9?,10?,13-,14+/m1/s1. The Morgan fingerprint density at radius 2 is 1.29 bits per heavy atom. The second-order valence-corrected chi connectivity index (χ2v) is 6.11. The first kappa shape index (κ1) is 22.8. The number of aliphatic hydroxyl groups is 4. The van der Waals surface area contributed by atoms with Crippen LogP contribution in [0.5, 0.6) is 0 Å². The Morgan fingerprint density at radius 1 is 0.821 bits per heavy atom. The lowest BCUT2D eigenvalue weighted by Gasteiger charge is -2.45. The van der Waals surface area contributed by atoms with Crippen molar-refractivity contribution < 1.29 is 64.0 Å². The molecule has 2 aliphatic rings. The molecule has 14 nitrogen and oxygen atoms in total. The number of aliphatic carboxylic acids is 2. The summed E-state index contributed by atoms with van der Waals surface area (Å²) in [5.41, 5.74) is 2.18. The van der Waals surface area contributed by atoms with Crippen LogP contribution in [0, 0.1) is 0 Å². The molecular formula is C14H23NO13. The minimum atomic E-state index is -1.88. The van der Waals surface area contributed by atoms with E-state index in [4.69, 9.17) is 23.8 Å². The van der Waals surface area contributed by atoms with E-state index in [-0.39, 0.29) is 0 Å². The average molecular weight is 413 g/mol. The highest BCUT2D eigenvalue weighted by Crippen LogP contribution is 2.30. The van der Waals surface area contributed by atoms with E-state index in [0.29, 0.717) is 0 Å². The molecule has 2 aliphatic heterocycles. The Balaban J connectivity index is 2.23. The van der Waals surface area contributed by atoms with Gasteiger partial charge in [0, 0.05) is 14.2 Å². The lowest BCUT2D eigenvalue weighted by atomic mass is 9.96.